The molecule has 0 unspecified atom stereocenters. The summed E-state index contributed by atoms with van der Waals surface area (Å²) in [6.07, 6.45) is 5.75. The highest BCUT2D eigenvalue weighted by Gasteiger charge is 2.37. The topological polar surface area (TPSA) is 137 Å². The average molecular weight is 429 g/mol. The van der Waals surface area contributed by atoms with Gasteiger partial charge in [-0.15, -0.1) is 0 Å². The van der Waals surface area contributed by atoms with E-state index in [0.29, 0.717) is 25.2 Å². The lowest BCUT2D eigenvalue weighted by atomic mass is 9.64. The number of aromatic carboxylic acids is 1. The van der Waals surface area contributed by atoms with E-state index in [-0.39, 0.29) is 35.2 Å². The third kappa shape index (κ3) is 6.55. The summed E-state index contributed by atoms with van der Waals surface area (Å²) in [7, 11) is -1.17. The van der Waals surface area contributed by atoms with E-state index in [1.807, 2.05) is 0 Å². The van der Waals surface area contributed by atoms with Crippen LogP contribution in [0.2, 0.25) is 5.82 Å². The van der Waals surface area contributed by atoms with Crippen molar-refractivity contribution in [2.75, 3.05) is 19.6 Å². The zero-order chi connectivity index (χ0) is 22.4. The Balaban J connectivity index is 1.41. The molecule has 5 N–H and O–H groups in total. The molecule has 2 aliphatic heterocycles. The second kappa shape index (κ2) is 10.8. The van der Waals surface area contributed by atoms with Crippen LogP contribution >= 0.6 is 0 Å². The number of nitrogens with one attached hydrogen (secondary N) is 1. The summed E-state index contributed by atoms with van der Waals surface area (Å²) in [5.74, 6) is -0.335. The molecular weight excluding hydrogens is 397 g/mol. The number of Topliss-reactive ketones (excluding diaryl/α,β-unsaturated/α-hetero) is 1. The average Bonchev–Trinajstić information content (AvgIpc) is 2.73. The molecule has 0 bridgehead atoms. The van der Waals surface area contributed by atoms with Crippen LogP contribution in [0, 0.1) is 11.3 Å². The molecule has 1 saturated heterocycles. The molecule has 168 valence electrons. The number of carbonyl (C=O) groups is 2. The van der Waals surface area contributed by atoms with Crippen molar-refractivity contribution in [2.45, 2.75) is 57.2 Å². The number of nitrogens with two attached hydrogens (primary N) is 1. The fraction of sp³-hybridized carbons (Fsp3) is 0.591. The van der Waals surface area contributed by atoms with Gasteiger partial charge in [-0.2, -0.15) is 0 Å². The smallest absolute Gasteiger partial charge is 0.526 e. The molecule has 9 heteroatoms. The van der Waals surface area contributed by atoms with Crippen molar-refractivity contribution in [3.8, 4) is 5.75 Å². The van der Waals surface area contributed by atoms with Gasteiger partial charge in [-0.05, 0) is 69.3 Å². The van der Waals surface area contributed by atoms with Crippen LogP contribution in [-0.4, -0.2) is 59.4 Å². The first-order chi connectivity index (χ1) is 14.8. The van der Waals surface area contributed by atoms with Gasteiger partial charge in [0.25, 0.3) is 0 Å². The Labute approximate surface area is 183 Å². The number of hydrogen-bond donors (Lipinski definition) is 4. The van der Waals surface area contributed by atoms with Crippen LogP contribution in [-0.2, 0) is 11.2 Å². The highest BCUT2D eigenvalue weighted by molar-refractivity contribution is 6.47. The first-order valence-corrected chi connectivity index (χ1v) is 11.1. The van der Waals surface area contributed by atoms with Crippen molar-refractivity contribution >= 4 is 24.7 Å². The van der Waals surface area contributed by atoms with Gasteiger partial charge in [0.15, 0.2) is 0 Å². The first kappa shape index (κ1) is 23.3. The van der Waals surface area contributed by atoms with E-state index < -0.39 is 13.1 Å². The number of carboxylic acid groups (broad SMARTS) is 1. The van der Waals surface area contributed by atoms with Gasteiger partial charge in [0.1, 0.15) is 11.5 Å². The molecule has 0 aromatic heterocycles. The molecular formula is C22H32BN3O5. The molecule has 3 rings (SSSR count). The number of likely N-dealkylation sites (tertiary alicyclic amines) is 1. The summed E-state index contributed by atoms with van der Waals surface area (Å²) in [6.45, 7) is 3.01. The van der Waals surface area contributed by atoms with E-state index in [4.69, 9.17) is 15.8 Å². The Morgan fingerprint density at radius 3 is 2.68 bits per heavy atom. The number of para-hydroxylation sites is 1. The predicted octanol–water partition coefficient (Wildman–Crippen LogP) is 2.34. The Morgan fingerprint density at radius 1 is 1.26 bits per heavy atom. The van der Waals surface area contributed by atoms with Crippen LogP contribution in [0.3, 0.4) is 0 Å². The molecule has 0 aliphatic carbocycles. The standard InChI is InChI=1S/C22H32BN3O5/c24-20(25)5-2-10-26-11-8-15(9-12-26)6-7-18(27)14-17-13-16-3-1-4-19(22(28)29)21(16)31-23(17)30/h1,3-4,15,17,30H,2,5-14H2,(H3,24,25)(H,28,29)/t17-/m1/s1. The molecule has 8 nitrogen and oxygen atoms in total. The molecule has 1 fully saturated rings. The molecule has 1 aromatic carbocycles. The quantitative estimate of drug-likeness (QED) is 0.255. The number of carboxylic acids is 1. The zero-order valence-electron chi connectivity index (χ0n) is 17.9. The maximum absolute atomic E-state index is 12.6. The van der Waals surface area contributed by atoms with Crippen LogP contribution < -0.4 is 10.4 Å². The van der Waals surface area contributed by atoms with Crippen molar-refractivity contribution < 1.29 is 24.4 Å². The second-order valence-electron chi connectivity index (χ2n) is 8.77. The normalized spacial score (nSPS) is 19.5. The van der Waals surface area contributed by atoms with Crippen molar-refractivity contribution in [1.82, 2.24) is 4.90 Å². The summed E-state index contributed by atoms with van der Waals surface area (Å²) >= 11 is 0. The minimum Gasteiger partial charge on any atom is -0.535 e. The number of carbonyl (C=O) groups excluding carboxylic acids is 1. The van der Waals surface area contributed by atoms with E-state index in [1.165, 1.54) is 6.07 Å². The van der Waals surface area contributed by atoms with E-state index in [9.17, 15) is 19.7 Å². The summed E-state index contributed by atoms with van der Waals surface area (Å²) in [4.78, 5) is 26.3. The van der Waals surface area contributed by atoms with E-state index in [0.717, 1.165) is 50.9 Å². The third-order valence-corrected chi connectivity index (χ3v) is 6.40. The van der Waals surface area contributed by atoms with Gasteiger partial charge in [-0.25, -0.2) is 4.79 Å². The fourth-order valence-corrected chi connectivity index (χ4v) is 4.58. The molecule has 0 amide bonds. The first-order valence-electron chi connectivity index (χ1n) is 11.1. The molecule has 0 spiro atoms. The lowest BCUT2D eigenvalue weighted by Gasteiger charge is -2.32. The van der Waals surface area contributed by atoms with E-state index in [2.05, 4.69) is 4.90 Å². The summed E-state index contributed by atoms with van der Waals surface area (Å²) in [6, 6.07) is 4.90. The number of piperidine rings is 1. The fourth-order valence-electron chi connectivity index (χ4n) is 4.58. The van der Waals surface area contributed by atoms with Gasteiger partial charge in [0.05, 0.1) is 11.4 Å². The highest BCUT2D eigenvalue weighted by Crippen LogP contribution is 2.36. The van der Waals surface area contributed by atoms with Crippen molar-refractivity contribution in [3.05, 3.63) is 29.3 Å². The number of hydrogen-bond acceptors (Lipinski definition) is 6. The number of fused-ring (bicyclic) bond motifs is 1. The van der Waals surface area contributed by atoms with Gasteiger partial charge in [-0.1, -0.05) is 12.1 Å². The second-order valence-corrected chi connectivity index (χ2v) is 8.77. The molecule has 31 heavy (non-hydrogen) atoms. The third-order valence-electron chi connectivity index (χ3n) is 6.40. The Bertz CT molecular complexity index is 810. The zero-order valence-corrected chi connectivity index (χ0v) is 17.9. The predicted molar refractivity (Wildman–Crippen MR) is 119 cm³/mol. The molecule has 1 aromatic rings. The number of rotatable bonds is 10. The van der Waals surface area contributed by atoms with Crippen LogP contribution in [0.5, 0.6) is 5.75 Å². The van der Waals surface area contributed by atoms with Gasteiger partial charge < -0.3 is 25.4 Å². The van der Waals surface area contributed by atoms with E-state index >= 15 is 0 Å². The number of ketones is 1. The summed E-state index contributed by atoms with van der Waals surface area (Å²) in [5, 5.41) is 26.9. The largest absolute Gasteiger partial charge is 0.535 e. The molecule has 2 aliphatic rings. The number of benzene rings is 1. The van der Waals surface area contributed by atoms with Crippen molar-refractivity contribution in [1.29, 1.82) is 5.41 Å². The Kier molecular flexibility index (Phi) is 8.09. The number of nitrogens with zero attached hydrogens (tertiary/aromatic N) is 1. The van der Waals surface area contributed by atoms with Crippen LogP contribution in [0.25, 0.3) is 0 Å². The maximum Gasteiger partial charge on any atom is 0.526 e. The SMILES string of the molecule is N=C(N)CCCN1CCC(CCC(=O)C[C@H]2Cc3cccc(C(=O)O)c3OB2O)CC1. The minimum atomic E-state index is -1.17. The lowest BCUT2D eigenvalue weighted by molar-refractivity contribution is -0.119. The van der Waals surface area contributed by atoms with Gasteiger partial charge >= 0.3 is 13.1 Å². The van der Waals surface area contributed by atoms with Crippen molar-refractivity contribution in [3.63, 3.8) is 0 Å². The van der Waals surface area contributed by atoms with Crippen LogP contribution in [0.15, 0.2) is 18.2 Å². The summed E-state index contributed by atoms with van der Waals surface area (Å²) < 4.78 is 5.49. The Hall–Kier alpha value is -2.39. The Morgan fingerprint density at radius 2 is 2.00 bits per heavy atom. The van der Waals surface area contributed by atoms with E-state index in [1.54, 1.807) is 12.1 Å². The maximum atomic E-state index is 12.6. The molecule has 0 saturated carbocycles. The molecule has 2 heterocycles. The van der Waals surface area contributed by atoms with Crippen molar-refractivity contribution in [2.24, 2.45) is 11.7 Å². The lowest BCUT2D eigenvalue weighted by Crippen LogP contribution is -2.36. The number of amidine groups is 1. The molecule has 0 radical (unpaired) electrons. The van der Waals surface area contributed by atoms with Gasteiger partial charge in [0.2, 0.25) is 0 Å². The van der Waals surface area contributed by atoms with Crippen LogP contribution in [0.1, 0.15) is 60.9 Å². The minimum absolute atomic E-state index is 0.0361. The van der Waals surface area contributed by atoms with Crippen LogP contribution in [0.4, 0.5) is 0 Å². The van der Waals surface area contributed by atoms with Gasteiger partial charge in [-0.3, -0.25) is 10.2 Å². The van der Waals surface area contributed by atoms with Gasteiger partial charge in [0, 0.05) is 25.1 Å². The molecule has 1 atom stereocenters. The monoisotopic (exact) mass is 429 g/mol. The summed E-state index contributed by atoms with van der Waals surface area (Å²) in [5.41, 5.74) is 6.16. The highest BCUT2D eigenvalue weighted by atomic mass is 16.5.